The summed E-state index contributed by atoms with van der Waals surface area (Å²) in [5, 5.41) is 15.1. The number of rotatable bonds is 3. The van der Waals surface area contributed by atoms with Crippen LogP contribution >= 0.6 is 11.6 Å². The second kappa shape index (κ2) is 10.4. The molecule has 2 atom stereocenters. The van der Waals surface area contributed by atoms with E-state index in [0.717, 1.165) is 25.2 Å². The summed E-state index contributed by atoms with van der Waals surface area (Å²) in [6, 6.07) is 7.11. The number of hydrogen-bond acceptors (Lipinski definition) is 7. The van der Waals surface area contributed by atoms with Crippen LogP contribution in [0.2, 0.25) is 5.15 Å². The largest absolute Gasteiger partial charge is 0.473 e. The first-order chi connectivity index (χ1) is 14.8. The van der Waals surface area contributed by atoms with Crippen molar-refractivity contribution in [2.75, 3.05) is 32.8 Å². The van der Waals surface area contributed by atoms with Gasteiger partial charge in [-0.1, -0.05) is 17.7 Å². The summed E-state index contributed by atoms with van der Waals surface area (Å²) in [4.78, 5) is 39.2. The minimum atomic E-state index is -1.82. The minimum absolute atomic E-state index is 0.0810. The molecular formula is C20H22ClN3O7. The molecule has 2 aromatic heterocycles. The quantitative estimate of drug-likeness (QED) is 0.525. The summed E-state index contributed by atoms with van der Waals surface area (Å²) in [6.07, 6.45) is 3.55. The zero-order chi connectivity index (χ0) is 22.4. The Bertz CT molecular complexity index is 909. The number of ether oxygens (including phenoxy) is 1. The van der Waals surface area contributed by atoms with E-state index >= 15 is 0 Å². The summed E-state index contributed by atoms with van der Waals surface area (Å²) in [5.74, 6) is -3.43. The Morgan fingerprint density at radius 2 is 1.90 bits per heavy atom. The van der Waals surface area contributed by atoms with Gasteiger partial charge < -0.3 is 24.3 Å². The summed E-state index contributed by atoms with van der Waals surface area (Å²) in [6.45, 7) is 4.60. The van der Waals surface area contributed by atoms with E-state index in [1.165, 1.54) is 0 Å². The van der Waals surface area contributed by atoms with Gasteiger partial charge in [0, 0.05) is 44.2 Å². The third kappa shape index (κ3) is 6.27. The van der Waals surface area contributed by atoms with Gasteiger partial charge in [-0.15, -0.1) is 0 Å². The summed E-state index contributed by atoms with van der Waals surface area (Å²) in [5.41, 5.74) is 1.55. The van der Waals surface area contributed by atoms with Crippen LogP contribution < -0.4 is 0 Å². The Morgan fingerprint density at radius 1 is 1.13 bits per heavy atom. The highest BCUT2D eigenvalue weighted by atomic mass is 35.5. The number of carboxylic acid groups (broad SMARTS) is 2. The second-order valence-electron chi connectivity index (χ2n) is 7.20. The van der Waals surface area contributed by atoms with Gasteiger partial charge in [0.25, 0.3) is 5.91 Å². The fraction of sp³-hybridized carbons (Fsp3) is 0.400. The molecule has 0 aliphatic carbocycles. The van der Waals surface area contributed by atoms with Crippen molar-refractivity contribution in [2.24, 2.45) is 5.92 Å². The normalized spacial score (nSPS) is 20.9. The zero-order valence-corrected chi connectivity index (χ0v) is 17.3. The molecule has 0 aromatic carbocycles. The highest BCUT2D eigenvalue weighted by Crippen LogP contribution is 2.25. The molecule has 2 fully saturated rings. The number of furan rings is 1. The molecule has 2 aromatic rings. The predicted molar refractivity (Wildman–Crippen MR) is 108 cm³/mol. The van der Waals surface area contributed by atoms with Gasteiger partial charge in [0.05, 0.1) is 25.2 Å². The van der Waals surface area contributed by atoms with E-state index in [1.54, 1.807) is 30.7 Å². The Labute approximate surface area is 183 Å². The Hall–Kier alpha value is -2.95. The third-order valence-corrected chi connectivity index (χ3v) is 5.21. The van der Waals surface area contributed by atoms with Crippen molar-refractivity contribution < 1.29 is 33.8 Å². The molecule has 10 nitrogen and oxygen atoms in total. The number of amides is 1. The second-order valence-corrected chi connectivity index (χ2v) is 7.59. The topological polar surface area (TPSA) is 133 Å². The molecule has 4 heterocycles. The van der Waals surface area contributed by atoms with Gasteiger partial charge in [-0.05, 0) is 18.2 Å². The maximum Gasteiger partial charge on any atom is 0.414 e. The number of aromatic nitrogens is 1. The summed E-state index contributed by atoms with van der Waals surface area (Å²) in [7, 11) is 0. The van der Waals surface area contributed by atoms with Crippen LogP contribution in [0.4, 0.5) is 0 Å². The molecular weight excluding hydrogens is 430 g/mol. The lowest BCUT2D eigenvalue weighted by molar-refractivity contribution is -0.159. The van der Waals surface area contributed by atoms with Crippen LogP contribution in [0.5, 0.6) is 0 Å². The van der Waals surface area contributed by atoms with Crippen molar-refractivity contribution in [1.29, 1.82) is 0 Å². The first-order valence-corrected chi connectivity index (χ1v) is 9.94. The van der Waals surface area contributed by atoms with E-state index in [2.05, 4.69) is 9.88 Å². The first-order valence-electron chi connectivity index (χ1n) is 9.56. The minimum Gasteiger partial charge on any atom is -0.473 e. The smallest absolute Gasteiger partial charge is 0.414 e. The molecule has 0 saturated carbocycles. The van der Waals surface area contributed by atoms with Crippen LogP contribution in [0.15, 0.2) is 41.2 Å². The Morgan fingerprint density at radius 3 is 2.55 bits per heavy atom. The number of pyridine rings is 1. The van der Waals surface area contributed by atoms with Crippen LogP contribution in [0.25, 0.3) is 0 Å². The summed E-state index contributed by atoms with van der Waals surface area (Å²) < 4.78 is 11.2. The molecule has 11 heteroatoms. The molecule has 2 N–H and O–H groups in total. The fourth-order valence-corrected chi connectivity index (χ4v) is 3.77. The predicted octanol–water partition coefficient (Wildman–Crippen LogP) is 1.46. The van der Waals surface area contributed by atoms with Gasteiger partial charge in [0.15, 0.2) is 0 Å². The molecule has 0 unspecified atom stereocenters. The lowest BCUT2D eigenvalue weighted by Crippen LogP contribution is -2.34. The standard InChI is InChI=1S/C18H20ClN3O3.C2H2O4/c19-17-3-1-2-15(20-17)18(23)22-10-14-9-21(5-7-25-16(14)11-22)8-13-4-6-24-12-13;3-1(4)2(5)6/h1-4,6,12,14,16H,5,7-11H2;(H,3,4)(H,5,6)/t14-,16+;/m0./s1. The lowest BCUT2D eigenvalue weighted by Gasteiger charge is -2.22. The maximum absolute atomic E-state index is 12.7. The van der Waals surface area contributed by atoms with Crippen molar-refractivity contribution in [2.45, 2.75) is 12.6 Å². The maximum atomic E-state index is 12.7. The first kappa shape index (κ1) is 22.7. The molecule has 31 heavy (non-hydrogen) atoms. The summed E-state index contributed by atoms with van der Waals surface area (Å²) >= 11 is 5.90. The van der Waals surface area contributed by atoms with Crippen molar-refractivity contribution in [3.8, 4) is 0 Å². The molecule has 2 aliphatic rings. The van der Waals surface area contributed by atoms with Crippen LogP contribution in [0.3, 0.4) is 0 Å². The fourth-order valence-electron chi connectivity index (χ4n) is 3.60. The molecule has 2 saturated heterocycles. The van der Waals surface area contributed by atoms with E-state index < -0.39 is 11.9 Å². The monoisotopic (exact) mass is 451 g/mol. The van der Waals surface area contributed by atoms with Gasteiger partial charge in [-0.3, -0.25) is 9.69 Å². The van der Waals surface area contributed by atoms with Crippen LogP contribution in [0, 0.1) is 5.92 Å². The Balaban J connectivity index is 0.000000401. The average molecular weight is 452 g/mol. The van der Waals surface area contributed by atoms with E-state index in [1.807, 2.05) is 11.0 Å². The van der Waals surface area contributed by atoms with E-state index in [9.17, 15) is 4.79 Å². The van der Waals surface area contributed by atoms with Crippen LogP contribution in [-0.4, -0.2) is 81.7 Å². The zero-order valence-electron chi connectivity index (χ0n) is 16.5. The van der Waals surface area contributed by atoms with E-state index in [0.29, 0.717) is 36.5 Å². The highest BCUT2D eigenvalue weighted by Gasteiger charge is 2.39. The molecule has 0 bridgehead atoms. The number of carboxylic acids is 2. The average Bonchev–Trinajstić information content (AvgIpc) is 3.34. The molecule has 1 amide bonds. The number of nitrogens with zero attached hydrogens (tertiary/aromatic N) is 3. The van der Waals surface area contributed by atoms with Crippen molar-refractivity contribution in [3.63, 3.8) is 0 Å². The van der Waals surface area contributed by atoms with Crippen molar-refractivity contribution >= 4 is 29.4 Å². The number of hydrogen-bond donors (Lipinski definition) is 2. The molecule has 4 rings (SSSR count). The molecule has 166 valence electrons. The molecule has 2 aliphatic heterocycles. The van der Waals surface area contributed by atoms with Gasteiger partial charge in [0.2, 0.25) is 0 Å². The van der Waals surface area contributed by atoms with Gasteiger partial charge in [-0.25, -0.2) is 14.6 Å². The lowest BCUT2D eigenvalue weighted by atomic mass is 10.1. The number of carbonyl (C=O) groups excluding carboxylic acids is 1. The van der Waals surface area contributed by atoms with Gasteiger partial charge >= 0.3 is 11.9 Å². The van der Waals surface area contributed by atoms with E-state index in [4.69, 9.17) is 40.6 Å². The third-order valence-electron chi connectivity index (χ3n) is 5.00. The SMILES string of the molecule is O=C(O)C(=O)O.O=C(c1cccc(Cl)n1)N1C[C@@H]2CN(Cc3ccoc3)CCO[C@@H]2C1. The molecule has 0 radical (unpaired) electrons. The molecule has 0 spiro atoms. The van der Waals surface area contributed by atoms with Crippen molar-refractivity contribution in [3.05, 3.63) is 53.2 Å². The van der Waals surface area contributed by atoms with Crippen LogP contribution in [-0.2, 0) is 20.9 Å². The Kier molecular flexibility index (Phi) is 7.61. The number of halogens is 1. The van der Waals surface area contributed by atoms with Crippen LogP contribution in [0.1, 0.15) is 16.1 Å². The van der Waals surface area contributed by atoms with Gasteiger partial charge in [-0.2, -0.15) is 0 Å². The van der Waals surface area contributed by atoms with E-state index in [-0.39, 0.29) is 12.0 Å². The number of aliphatic carboxylic acids is 2. The van der Waals surface area contributed by atoms with Crippen molar-refractivity contribution in [1.82, 2.24) is 14.8 Å². The highest BCUT2D eigenvalue weighted by molar-refractivity contribution is 6.29. The number of carbonyl (C=O) groups is 3. The number of likely N-dealkylation sites (tertiary alicyclic amines) is 1. The number of fused-ring (bicyclic) bond motifs is 1. The van der Waals surface area contributed by atoms with Gasteiger partial charge in [0.1, 0.15) is 10.8 Å².